The van der Waals surface area contributed by atoms with E-state index in [4.69, 9.17) is 9.84 Å². The van der Waals surface area contributed by atoms with Crippen LogP contribution in [0.15, 0.2) is 0 Å². The van der Waals surface area contributed by atoms with Gasteiger partial charge in [0.1, 0.15) is 6.10 Å². The zero-order chi connectivity index (χ0) is 12.4. The van der Waals surface area contributed by atoms with Crippen LogP contribution in [0.1, 0.15) is 45.4 Å². The zero-order valence-electron chi connectivity index (χ0n) is 9.72. The summed E-state index contributed by atoms with van der Waals surface area (Å²) in [6, 6.07) is 0. The van der Waals surface area contributed by atoms with Crippen LogP contribution in [0.3, 0.4) is 0 Å². The third-order valence-electron chi connectivity index (χ3n) is 2.24. The second-order valence-electron chi connectivity index (χ2n) is 3.87. The third-order valence-corrected chi connectivity index (χ3v) is 2.24. The van der Waals surface area contributed by atoms with Gasteiger partial charge in [0.2, 0.25) is 0 Å². The van der Waals surface area contributed by atoms with Gasteiger partial charge in [0.25, 0.3) is 0 Å². The average Bonchev–Trinajstić information content (AvgIpc) is 2.20. The van der Waals surface area contributed by atoms with Crippen LogP contribution in [0.5, 0.6) is 0 Å². The summed E-state index contributed by atoms with van der Waals surface area (Å²) < 4.78 is 40.9. The van der Waals surface area contributed by atoms with E-state index in [0.717, 1.165) is 25.9 Å². The largest absolute Gasteiger partial charge is 0.414 e. The fourth-order valence-electron chi connectivity index (χ4n) is 1.31. The summed E-state index contributed by atoms with van der Waals surface area (Å²) in [6.45, 7) is 3.45. The topological polar surface area (TPSA) is 29.5 Å². The number of unbranched alkanes of at least 4 members (excludes halogenated alkanes) is 3. The Morgan fingerprint density at radius 3 is 2.25 bits per heavy atom. The first-order chi connectivity index (χ1) is 7.48. The molecule has 1 atom stereocenters. The lowest BCUT2D eigenvalue weighted by Crippen LogP contribution is -2.28. The van der Waals surface area contributed by atoms with Gasteiger partial charge in [0.05, 0.1) is 0 Å². The molecule has 98 valence electrons. The van der Waals surface area contributed by atoms with E-state index in [1.165, 1.54) is 0 Å². The Hall–Kier alpha value is -0.290. The monoisotopic (exact) mass is 242 g/mol. The molecule has 0 bridgehead atoms. The van der Waals surface area contributed by atoms with Crippen molar-refractivity contribution in [3.8, 4) is 0 Å². The Morgan fingerprint density at radius 1 is 1.06 bits per heavy atom. The minimum Gasteiger partial charge on any atom is -0.384 e. The van der Waals surface area contributed by atoms with Crippen molar-refractivity contribution in [1.29, 1.82) is 0 Å². The Kier molecular flexibility index (Phi) is 8.66. The van der Waals surface area contributed by atoms with E-state index in [1.54, 1.807) is 0 Å². The standard InChI is InChI=1S/C11H21F3O2/c1-2-8-16-9-6-4-3-5-7-10(15)11(12,13)14/h10,15H,2-9H2,1H3. The fourth-order valence-corrected chi connectivity index (χ4v) is 1.31. The lowest BCUT2D eigenvalue weighted by atomic mass is 10.1. The highest BCUT2D eigenvalue weighted by Gasteiger charge is 2.37. The minimum absolute atomic E-state index is 0.195. The van der Waals surface area contributed by atoms with Gasteiger partial charge in [0, 0.05) is 13.2 Å². The van der Waals surface area contributed by atoms with E-state index in [0.29, 0.717) is 19.4 Å². The van der Waals surface area contributed by atoms with Crippen LogP contribution in [0.25, 0.3) is 0 Å². The van der Waals surface area contributed by atoms with Crippen molar-refractivity contribution in [3.63, 3.8) is 0 Å². The summed E-state index contributed by atoms with van der Waals surface area (Å²) >= 11 is 0. The first kappa shape index (κ1) is 15.7. The molecule has 0 aromatic carbocycles. The van der Waals surface area contributed by atoms with Crippen LogP contribution in [-0.2, 0) is 4.74 Å². The van der Waals surface area contributed by atoms with Gasteiger partial charge >= 0.3 is 6.18 Å². The van der Waals surface area contributed by atoms with Crippen LogP contribution >= 0.6 is 0 Å². The van der Waals surface area contributed by atoms with Crippen LogP contribution in [0.2, 0.25) is 0 Å². The minimum atomic E-state index is -4.47. The molecule has 0 amide bonds. The van der Waals surface area contributed by atoms with Gasteiger partial charge in [-0.2, -0.15) is 13.2 Å². The molecule has 1 N–H and O–H groups in total. The SMILES string of the molecule is CCCOCCCCCCC(O)C(F)(F)F. The van der Waals surface area contributed by atoms with Crippen molar-refractivity contribution in [2.24, 2.45) is 0 Å². The van der Waals surface area contributed by atoms with Gasteiger partial charge in [0.15, 0.2) is 0 Å². The molecule has 5 heteroatoms. The molecule has 1 unspecified atom stereocenters. The molecule has 0 aliphatic heterocycles. The van der Waals surface area contributed by atoms with E-state index in [9.17, 15) is 13.2 Å². The number of ether oxygens (including phenoxy) is 1. The summed E-state index contributed by atoms with van der Waals surface area (Å²) in [7, 11) is 0. The molecule has 0 aliphatic carbocycles. The molecular formula is C11H21F3O2. The van der Waals surface area contributed by atoms with Gasteiger partial charge in [-0.05, 0) is 19.3 Å². The smallest absolute Gasteiger partial charge is 0.384 e. The normalized spacial score (nSPS) is 14.1. The van der Waals surface area contributed by atoms with Crippen molar-refractivity contribution in [3.05, 3.63) is 0 Å². The number of hydrogen-bond acceptors (Lipinski definition) is 2. The van der Waals surface area contributed by atoms with E-state index in [2.05, 4.69) is 0 Å². The quantitative estimate of drug-likeness (QED) is 0.629. The molecule has 0 spiro atoms. The van der Waals surface area contributed by atoms with Gasteiger partial charge in [-0.25, -0.2) is 0 Å². The predicted molar refractivity (Wildman–Crippen MR) is 56.3 cm³/mol. The van der Waals surface area contributed by atoms with Gasteiger partial charge < -0.3 is 9.84 Å². The molecule has 0 aromatic heterocycles. The van der Waals surface area contributed by atoms with E-state index >= 15 is 0 Å². The highest BCUT2D eigenvalue weighted by atomic mass is 19.4. The first-order valence-corrected chi connectivity index (χ1v) is 5.81. The Balaban J connectivity index is 3.21. The van der Waals surface area contributed by atoms with E-state index in [-0.39, 0.29) is 6.42 Å². The molecule has 0 aliphatic rings. The molecule has 0 fully saturated rings. The lowest BCUT2D eigenvalue weighted by Gasteiger charge is -2.13. The maximum atomic E-state index is 11.9. The summed E-state index contributed by atoms with van der Waals surface area (Å²) in [5.41, 5.74) is 0. The Labute approximate surface area is 94.8 Å². The second-order valence-corrected chi connectivity index (χ2v) is 3.87. The lowest BCUT2D eigenvalue weighted by molar-refractivity contribution is -0.205. The van der Waals surface area contributed by atoms with Gasteiger partial charge in [-0.1, -0.05) is 26.2 Å². The fraction of sp³-hybridized carbons (Fsp3) is 1.00. The van der Waals surface area contributed by atoms with Crippen LogP contribution < -0.4 is 0 Å². The molecule has 0 heterocycles. The number of hydrogen-bond donors (Lipinski definition) is 1. The molecule has 16 heavy (non-hydrogen) atoms. The highest BCUT2D eigenvalue weighted by Crippen LogP contribution is 2.23. The molecular weight excluding hydrogens is 221 g/mol. The van der Waals surface area contributed by atoms with E-state index < -0.39 is 12.3 Å². The highest BCUT2D eigenvalue weighted by molar-refractivity contribution is 4.64. The first-order valence-electron chi connectivity index (χ1n) is 5.81. The van der Waals surface area contributed by atoms with Crippen LogP contribution in [0, 0.1) is 0 Å². The van der Waals surface area contributed by atoms with Gasteiger partial charge in [-0.15, -0.1) is 0 Å². The second kappa shape index (κ2) is 8.82. The van der Waals surface area contributed by atoms with Crippen LogP contribution in [0.4, 0.5) is 13.2 Å². The molecule has 0 saturated carbocycles. The predicted octanol–water partition coefficient (Wildman–Crippen LogP) is 3.29. The number of aliphatic hydroxyl groups is 1. The molecule has 0 saturated heterocycles. The maximum Gasteiger partial charge on any atom is 0.414 e. The van der Waals surface area contributed by atoms with E-state index in [1.807, 2.05) is 6.92 Å². The molecule has 0 aromatic rings. The molecule has 0 rings (SSSR count). The van der Waals surface area contributed by atoms with Crippen molar-refractivity contribution in [2.75, 3.05) is 13.2 Å². The Bertz CT molecular complexity index is 160. The van der Waals surface area contributed by atoms with Crippen molar-refractivity contribution in [2.45, 2.75) is 57.7 Å². The van der Waals surface area contributed by atoms with Crippen molar-refractivity contribution < 1.29 is 23.0 Å². The summed E-state index contributed by atoms with van der Waals surface area (Å²) in [5.74, 6) is 0. The number of aliphatic hydroxyl groups excluding tert-OH is 1. The maximum absolute atomic E-state index is 11.9. The Morgan fingerprint density at radius 2 is 1.69 bits per heavy atom. The van der Waals surface area contributed by atoms with Crippen molar-refractivity contribution in [1.82, 2.24) is 0 Å². The number of halogens is 3. The summed E-state index contributed by atoms with van der Waals surface area (Å²) in [6.07, 6.45) is -2.99. The number of alkyl halides is 3. The third kappa shape index (κ3) is 8.97. The van der Waals surface area contributed by atoms with Crippen LogP contribution in [-0.4, -0.2) is 30.6 Å². The molecule has 2 nitrogen and oxygen atoms in total. The summed E-state index contributed by atoms with van der Waals surface area (Å²) in [4.78, 5) is 0. The van der Waals surface area contributed by atoms with Gasteiger partial charge in [-0.3, -0.25) is 0 Å². The average molecular weight is 242 g/mol. The van der Waals surface area contributed by atoms with Crippen molar-refractivity contribution >= 4 is 0 Å². The molecule has 0 radical (unpaired) electrons. The zero-order valence-corrected chi connectivity index (χ0v) is 9.72. The summed E-state index contributed by atoms with van der Waals surface area (Å²) in [5, 5.41) is 8.71. The number of rotatable bonds is 9.